The molecule has 1 saturated carbocycles. The Hall–Kier alpha value is 0.220. The first-order valence-electron chi connectivity index (χ1n) is 6.53. The summed E-state index contributed by atoms with van der Waals surface area (Å²) in [5.74, 6) is 1.93. The van der Waals surface area contributed by atoms with E-state index in [-0.39, 0.29) is 0 Å². The lowest BCUT2D eigenvalue weighted by atomic mass is 9.86. The van der Waals surface area contributed by atoms with Crippen LogP contribution in [0.3, 0.4) is 0 Å². The highest BCUT2D eigenvalue weighted by Crippen LogP contribution is 2.27. The smallest absolute Gasteiger partial charge is 0.175 e. The standard InChI is InChI=1S/C12H21N3S3/c1-9-5-3-4-6-10(9)13-7-8-17-12-15-14-11(16-2)18-12/h9-10,13H,3-8H2,1-2H3. The van der Waals surface area contributed by atoms with Gasteiger partial charge >= 0.3 is 0 Å². The van der Waals surface area contributed by atoms with Gasteiger partial charge in [-0.25, -0.2) is 0 Å². The number of nitrogens with zero attached hydrogens (tertiary/aromatic N) is 2. The van der Waals surface area contributed by atoms with Crippen LogP contribution in [0.4, 0.5) is 0 Å². The number of hydrogen-bond acceptors (Lipinski definition) is 6. The number of nitrogens with one attached hydrogen (secondary N) is 1. The van der Waals surface area contributed by atoms with Crippen molar-refractivity contribution >= 4 is 34.9 Å². The van der Waals surface area contributed by atoms with Gasteiger partial charge in [-0.05, 0) is 25.0 Å². The Labute approximate surface area is 122 Å². The van der Waals surface area contributed by atoms with E-state index in [9.17, 15) is 0 Å². The van der Waals surface area contributed by atoms with Gasteiger partial charge in [0.1, 0.15) is 0 Å². The summed E-state index contributed by atoms with van der Waals surface area (Å²) in [5, 5.41) is 12.0. The van der Waals surface area contributed by atoms with Crippen LogP contribution in [0.2, 0.25) is 0 Å². The second kappa shape index (κ2) is 7.72. The molecule has 1 aliphatic rings. The van der Waals surface area contributed by atoms with Gasteiger partial charge in [-0.15, -0.1) is 10.2 Å². The summed E-state index contributed by atoms with van der Waals surface area (Å²) < 4.78 is 2.16. The van der Waals surface area contributed by atoms with Gasteiger partial charge < -0.3 is 5.32 Å². The van der Waals surface area contributed by atoms with E-state index in [2.05, 4.69) is 22.4 Å². The Morgan fingerprint density at radius 3 is 2.78 bits per heavy atom. The molecule has 2 atom stereocenters. The third kappa shape index (κ3) is 4.40. The molecule has 1 aromatic heterocycles. The molecule has 2 unspecified atom stereocenters. The summed E-state index contributed by atoms with van der Waals surface area (Å²) in [6.07, 6.45) is 7.58. The van der Waals surface area contributed by atoms with E-state index in [1.54, 1.807) is 23.1 Å². The van der Waals surface area contributed by atoms with Crippen LogP contribution in [0.5, 0.6) is 0 Å². The average Bonchev–Trinajstić information content (AvgIpc) is 2.84. The molecule has 1 aromatic rings. The van der Waals surface area contributed by atoms with Crippen molar-refractivity contribution in [2.45, 2.75) is 47.3 Å². The fourth-order valence-corrected chi connectivity index (χ4v) is 4.72. The molecule has 102 valence electrons. The maximum absolute atomic E-state index is 4.17. The highest BCUT2D eigenvalue weighted by Gasteiger charge is 2.20. The molecule has 6 heteroatoms. The molecule has 1 fully saturated rings. The first-order chi connectivity index (χ1) is 8.79. The highest BCUT2D eigenvalue weighted by atomic mass is 32.2. The predicted octanol–water partition coefficient (Wildman–Crippen LogP) is 3.52. The van der Waals surface area contributed by atoms with Crippen LogP contribution in [-0.2, 0) is 0 Å². The molecule has 0 bridgehead atoms. The topological polar surface area (TPSA) is 37.8 Å². The van der Waals surface area contributed by atoms with Crippen LogP contribution in [0.1, 0.15) is 32.6 Å². The first kappa shape index (κ1) is 14.6. The maximum Gasteiger partial charge on any atom is 0.175 e. The Morgan fingerprint density at radius 1 is 1.28 bits per heavy atom. The largest absolute Gasteiger partial charge is 0.313 e. The molecule has 0 aromatic carbocycles. The molecule has 3 nitrogen and oxygen atoms in total. The zero-order chi connectivity index (χ0) is 12.8. The lowest BCUT2D eigenvalue weighted by Gasteiger charge is -2.29. The van der Waals surface area contributed by atoms with E-state index in [0.717, 1.165) is 32.9 Å². The predicted molar refractivity (Wildman–Crippen MR) is 81.8 cm³/mol. The van der Waals surface area contributed by atoms with Crippen molar-refractivity contribution in [3.63, 3.8) is 0 Å². The van der Waals surface area contributed by atoms with Crippen molar-refractivity contribution in [2.24, 2.45) is 5.92 Å². The fraction of sp³-hybridized carbons (Fsp3) is 0.833. The van der Waals surface area contributed by atoms with E-state index < -0.39 is 0 Å². The van der Waals surface area contributed by atoms with Crippen molar-refractivity contribution < 1.29 is 0 Å². The van der Waals surface area contributed by atoms with Crippen molar-refractivity contribution in [1.82, 2.24) is 15.5 Å². The van der Waals surface area contributed by atoms with E-state index >= 15 is 0 Å². The number of thioether (sulfide) groups is 2. The third-order valence-corrected chi connectivity index (χ3v) is 6.44. The Bertz CT molecular complexity index is 356. The molecule has 0 radical (unpaired) electrons. The number of rotatable bonds is 6. The maximum atomic E-state index is 4.17. The lowest BCUT2D eigenvalue weighted by molar-refractivity contribution is 0.285. The molecule has 2 rings (SSSR count). The molecule has 0 aliphatic heterocycles. The van der Waals surface area contributed by atoms with Crippen molar-refractivity contribution in [1.29, 1.82) is 0 Å². The van der Waals surface area contributed by atoms with Gasteiger partial charge in [-0.3, -0.25) is 0 Å². The van der Waals surface area contributed by atoms with Gasteiger partial charge in [-0.1, -0.05) is 54.6 Å². The third-order valence-electron chi connectivity index (χ3n) is 3.41. The van der Waals surface area contributed by atoms with Crippen LogP contribution < -0.4 is 5.32 Å². The summed E-state index contributed by atoms with van der Waals surface area (Å²) in [5.41, 5.74) is 0. The quantitative estimate of drug-likeness (QED) is 0.643. The summed E-state index contributed by atoms with van der Waals surface area (Å²) in [6, 6.07) is 0.732. The molecule has 0 amide bonds. The van der Waals surface area contributed by atoms with Crippen LogP contribution in [0, 0.1) is 5.92 Å². The summed E-state index contributed by atoms with van der Waals surface area (Å²) in [4.78, 5) is 0. The van der Waals surface area contributed by atoms with Crippen molar-refractivity contribution in [3.05, 3.63) is 0 Å². The molecule has 1 aliphatic carbocycles. The molecule has 0 spiro atoms. The Kier molecular flexibility index (Phi) is 6.28. The van der Waals surface area contributed by atoms with Gasteiger partial charge in [0.25, 0.3) is 0 Å². The van der Waals surface area contributed by atoms with Gasteiger partial charge in [0.15, 0.2) is 8.68 Å². The molecule has 18 heavy (non-hydrogen) atoms. The number of hydrogen-bond donors (Lipinski definition) is 1. The van der Waals surface area contributed by atoms with Crippen LogP contribution in [0.25, 0.3) is 0 Å². The van der Waals surface area contributed by atoms with Crippen LogP contribution in [-0.4, -0.2) is 34.8 Å². The lowest BCUT2D eigenvalue weighted by Crippen LogP contribution is -2.38. The van der Waals surface area contributed by atoms with Crippen LogP contribution in [0.15, 0.2) is 8.68 Å². The highest BCUT2D eigenvalue weighted by molar-refractivity contribution is 8.02. The summed E-state index contributed by atoms with van der Waals surface area (Å²) >= 11 is 5.18. The van der Waals surface area contributed by atoms with Crippen LogP contribution >= 0.6 is 34.9 Å². The Morgan fingerprint density at radius 2 is 2.06 bits per heavy atom. The normalized spacial score (nSPS) is 24.3. The van der Waals surface area contributed by atoms with Gasteiger partial charge in [0.2, 0.25) is 0 Å². The van der Waals surface area contributed by atoms with Crippen molar-refractivity contribution in [2.75, 3.05) is 18.6 Å². The summed E-state index contributed by atoms with van der Waals surface area (Å²) in [6.45, 7) is 3.45. The molecular weight excluding hydrogens is 282 g/mol. The number of aromatic nitrogens is 2. The summed E-state index contributed by atoms with van der Waals surface area (Å²) in [7, 11) is 0. The molecule has 0 saturated heterocycles. The Balaban J connectivity index is 1.63. The second-order valence-corrected chi connectivity index (χ2v) is 8.08. The SMILES string of the molecule is CSc1nnc(SCCNC2CCCCC2C)s1. The van der Waals surface area contributed by atoms with Gasteiger partial charge in [0, 0.05) is 18.3 Å². The minimum atomic E-state index is 0.732. The molecule has 1 N–H and O–H groups in total. The van der Waals surface area contributed by atoms with Gasteiger partial charge in [-0.2, -0.15) is 0 Å². The van der Waals surface area contributed by atoms with Crippen molar-refractivity contribution in [3.8, 4) is 0 Å². The minimum Gasteiger partial charge on any atom is -0.313 e. The first-order valence-corrected chi connectivity index (χ1v) is 9.56. The molecule has 1 heterocycles. The zero-order valence-electron chi connectivity index (χ0n) is 11.0. The van der Waals surface area contributed by atoms with E-state index in [1.165, 1.54) is 25.7 Å². The second-order valence-electron chi connectivity index (χ2n) is 4.71. The van der Waals surface area contributed by atoms with E-state index in [0.29, 0.717) is 0 Å². The van der Waals surface area contributed by atoms with Gasteiger partial charge in [0.05, 0.1) is 0 Å². The zero-order valence-corrected chi connectivity index (χ0v) is 13.5. The van der Waals surface area contributed by atoms with E-state index in [4.69, 9.17) is 0 Å². The monoisotopic (exact) mass is 303 g/mol. The fourth-order valence-electron chi connectivity index (χ4n) is 2.34. The van der Waals surface area contributed by atoms with E-state index in [1.807, 2.05) is 18.0 Å². The average molecular weight is 304 g/mol. The molecular formula is C12H21N3S3. The minimum absolute atomic E-state index is 0.732.